The molecule has 0 bridgehead atoms. The number of para-hydroxylation sites is 1. The van der Waals surface area contributed by atoms with E-state index in [0.29, 0.717) is 24.1 Å². The second-order valence-corrected chi connectivity index (χ2v) is 9.63. The first-order chi connectivity index (χ1) is 16.5. The topological polar surface area (TPSA) is 75.1 Å². The molecule has 0 spiro atoms. The molecule has 0 aliphatic carbocycles. The van der Waals surface area contributed by atoms with E-state index in [-0.39, 0.29) is 23.9 Å². The van der Waals surface area contributed by atoms with Gasteiger partial charge in [0.15, 0.2) is 0 Å². The number of H-pyrrole nitrogens is 1. The zero-order valence-corrected chi connectivity index (χ0v) is 20.0. The predicted molar refractivity (Wildman–Crippen MR) is 138 cm³/mol. The van der Waals surface area contributed by atoms with E-state index in [9.17, 15) is 9.59 Å². The molecule has 3 heterocycles. The van der Waals surface area contributed by atoms with Gasteiger partial charge in [-0.3, -0.25) is 4.79 Å². The second-order valence-electron chi connectivity index (χ2n) is 8.65. The monoisotopic (exact) mass is 470 g/mol. The molecule has 5 rings (SSSR count). The van der Waals surface area contributed by atoms with Crippen molar-refractivity contribution < 1.29 is 9.21 Å². The van der Waals surface area contributed by atoms with Crippen LogP contribution in [0.25, 0.3) is 21.9 Å². The maximum absolute atomic E-state index is 12.8. The van der Waals surface area contributed by atoms with Crippen LogP contribution in [0.1, 0.15) is 39.5 Å². The van der Waals surface area contributed by atoms with Crippen molar-refractivity contribution in [2.75, 3.05) is 6.54 Å². The fourth-order valence-electron chi connectivity index (χ4n) is 4.57. The number of thiophene rings is 1. The van der Waals surface area contributed by atoms with Crippen LogP contribution in [0.15, 0.2) is 75.4 Å². The fourth-order valence-corrected chi connectivity index (χ4v) is 5.41. The second kappa shape index (κ2) is 9.31. The highest BCUT2D eigenvalue weighted by Crippen LogP contribution is 2.32. The number of amides is 1. The first-order valence-corrected chi connectivity index (χ1v) is 12.3. The number of aryl methyl sites for hydroxylation is 2. The maximum Gasteiger partial charge on any atom is 0.339 e. The largest absolute Gasteiger partial charge is 0.423 e. The molecule has 3 aromatic heterocycles. The Kier molecular flexibility index (Phi) is 6.07. The highest BCUT2D eigenvalue weighted by Gasteiger charge is 2.20. The lowest BCUT2D eigenvalue weighted by molar-refractivity contribution is -0.121. The fraction of sp³-hybridized carbons (Fsp3) is 0.214. The van der Waals surface area contributed by atoms with Crippen molar-refractivity contribution in [3.8, 4) is 0 Å². The van der Waals surface area contributed by atoms with Crippen LogP contribution >= 0.6 is 11.3 Å². The molecule has 2 N–H and O–H groups in total. The predicted octanol–water partition coefficient (Wildman–Crippen LogP) is 5.83. The maximum atomic E-state index is 12.8. The van der Waals surface area contributed by atoms with Gasteiger partial charge in [0, 0.05) is 51.8 Å². The van der Waals surface area contributed by atoms with E-state index >= 15 is 0 Å². The molecule has 0 saturated heterocycles. The lowest BCUT2D eigenvalue weighted by Crippen LogP contribution is -2.29. The third kappa shape index (κ3) is 4.29. The molecule has 1 amide bonds. The summed E-state index contributed by atoms with van der Waals surface area (Å²) in [5, 5.41) is 7.23. The Balaban J connectivity index is 1.31. The number of fused-ring (bicyclic) bond motifs is 2. The van der Waals surface area contributed by atoms with Crippen molar-refractivity contribution in [3.63, 3.8) is 0 Å². The van der Waals surface area contributed by atoms with E-state index in [2.05, 4.69) is 33.9 Å². The zero-order chi connectivity index (χ0) is 23.7. The van der Waals surface area contributed by atoms with Gasteiger partial charge in [0.1, 0.15) is 5.58 Å². The third-order valence-corrected chi connectivity index (χ3v) is 7.42. The Bertz CT molecular complexity index is 1530. The number of aromatic amines is 1. The molecule has 0 radical (unpaired) electrons. The van der Waals surface area contributed by atoms with Crippen LogP contribution in [0, 0.1) is 13.8 Å². The van der Waals surface area contributed by atoms with Gasteiger partial charge in [0.05, 0.1) is 0 Å². The molecule has 1 atom stereocenters. The lowest BCUT2D eigenvalue weighted by atomic mass is 9.96. The van der Waals surface area contributed by atoms with E-state index in [1.807, 2.05) is 56.4 Å². The normalized spacial score (nSPS) is 12.3. The van der Waals surface area contributed by atoms with Crippen molar-refractivity contribution in [2.45, 2.75) is 32.6 Å². The Hall–Kier alpha value is -3.64. The average Bonchev–Trinajstić information content (AvgIpc) is 3.50. The molecule has 5 nitrogen and oxygen atoms in total. The van der Waals surface area contributed by atoms with E-state index in [4.69, 9.17) is 4.42 Å². The SMILES string of the molecule is Cc1ccc2c(C)c(CCC(=O)NCC(c3cccs3)c3c[nH]c4ccccc34)c(=O)oc2c1. The van der Waals surface area contributed by atoms with Crippen LogP contribution in [0.4, 0.5) is 0 Å². The molecular weight excluding hydrogens is 444 g/mol. The highest BCUT2D eigenvalue weighted by atomic mass is 32.1. The Morgan fingerprint density at radius 1 is 1.09 bits per heavy atom. The molecule has 172 valence electrons. The van der Waals surface area contributed by atoms with Gasteiger partial charge < -0.3 is 14.7 Å². The quantitative estimate of drug-likeness (QED) is 0.294. The number of carbonyl (C=O) groups excluding carboxylic acids is 1. The van der Waals surface area contributed by atoms with Gasteiger partial charge in [-0.05, 0) is 60.5 Å². The number of hydrogen-bond donors (Lipinski definition) is 2. The van der Waals surface area contributed by atoms with Gasteiger partial charge in [0.25, 0.3) is 0 Å². The first-order valence-electron chi connectivity index (χ1n) is 11.4. The van der Waals surface area contributed by atoms with E-state index in [1.54, 1.807) is 11.3 Å². The summed E-state index contributed by atoms with van der Waals surface area (Å²) >= 11 is 1.69. The van der Waals surface area contributed by atoms with Crippen molar-refractivity contribution in [2.24, 2.45) is 0 Å². The smallest absolute Gasteiger partial charge is 0.339 e. The van der Waals surface area contributed by atoms with Gasteiger partial charge >= 0.3 is 5.63 Å². The van der Waals surface area contributed by atoms with E-state index < -0.39 is 0 Å². The van der Waals surface area contributed by atoms with Crippen LogP contribution in [0.2, 0.25) is 0 Å². The average molecular weight is 471 g/mol. The van der Waals surface area contributed by atoms with Crippen molar-refractivity contribution in [1.29, 1.82) is 0 Å². The minimum absolute atomic E-state index is 0.0517. The number of hydrogen-bond acceptors (Lipinski definition) is 4. The van der Waals surface area contributed by atoms with Crippen LogP contribution in [0.3, 0.4) is 0 Å². The molecule has 1 unspecified atom stereocenters. The van der Waals surface area contributed by atoms with Crippen molar-refractivity contribution in [1.82, 2.24) is 10.3 Å². The highest BCUT2D eigenvalue weighted by molar-refractivity contribution is 7.10. The minimum Gasteiger partial charge on any atom is -0.423 e. The van der Waals surface area contributed by atoms with Gasteiger partial charge in [0.2, 0.25) is 5.91 Å². The number of rotatable bonds is 7. The van der Waals surface area contributed by atoms with Crippen molar-refractivity contribution >= 4 is 39.1 Å². The summed E-state index contributed by atoms with van der Waals surface area (Å²) in [6.45, 7) is 4.38. The molecule has 0 saturated carbocycles. The molecule has 5 aromatic rings. The van der Waals surface area contributed by atoms with Crippen LogP contribution in [-0.2, 0) is 11.2 Å². The molecule has 6 heteroatoms. The Labute approximate surface area is 201 Å². The zero-order valence-electron chi connectivity index (χ0n) is 19.2. The van der Waals surface area contributed by atoms with Crippen molar-refractivity contribution in [3.05, 3.63) is 104 Å². The summed E-state index contributed by atoms with van der Waals surface area (Å²) < 4.78 is 5.53. The first kappa shape index (κ1) is 22.2. The standard InChI is InChI=1S/C28H26N2O3S/c1-17-9-10-19-18(2)20(28(32)33-25(19)14-17)11-12-27(31)30-16-23(26-8-5-13-34-26)22-15-29-24-7-4-3-6-21(22)24/h3-10,13-15,23,29H,11-12,16H2,1-2H3,(H,30,31). The van der Waals surface area contributed by atoms with Crippen LogP contribution in [-0.4, -0.2) is 17.4 Å². The third-order valence-electron chi connectivity index (χ3n) is 6.43. The number of benzene rings is 2. The summed E-state index contributed by atoms with van der Waals surface area (Å²) in [4.78, 5) is 29.9. The van der Waals surface area contributed by atoms with Crippen LogP contribution < -0.4 is 10.9 Å². The number of carbonyl (C=O) groups is 1. The molecule has 2 aromatic carbocycles. The van der Waals surface area contributed by atoms with Gasteiger partial charge in [-0.2, -0.15) is 0 Å². The Morgan fingerprint density at radius 2 is 1.94 bits per heavy atom. The lowest BCUT2D eigenvalue weighted by Gasteiger charge is -2.16. The van der Waals surface area contributed by atoms with E-state index in [1.165, 1.54) is 10.4 Å². The van der Waals surface area contributed by atoms with Gasteiger partial charge in [-0.25, -0.2) is 4.79 Å². The number of aromatic nitrogens is 1. The summed E-state index contributed by atoms with van der Waals surface area (Å²) in [5.74, 6) is -0.0278. The molecule has 0 aliphatic heterocycles. The summed E-state index contributed by atoms with van der Waals surface area (Å²) in [7, 11) is 0. The molecule has 34 heavy (non-hydrogen) atoms. The summed E-state index contributed by atoms with van der Waals surface area (Å²) in [6, 6.07) is 18.2. The molecule has 0 aliphatic rings. The van der Waals surface area contributed by atoms with Crippen LogP contribution in [0.5, 0.6) is 0 Å². The summed E-state index contributed by atoms with van der Waals surface area (Å²) in [5.41, 5.74) is 4.97. The van der Waals surface area contributed by atoms with Gasteiger partial charge in [-0.15, -0.1) is 11.3 Å². The Morgan fingerprint density at radius 3 is 2.76 bits per heavy atom. The molecular formula is C28H26N2O3S. The summed E-state index contributed by atoms with van der Waals surface area (Å²) in [6.07, 6.45) is 2.61. The van der Waals surface area contributed by atoms with Gasteiger partial charge in [-0.1, -0.05) is 36.4 Å². The molecule has 0 fully saturated rings. The minimum atomic E-state index is -0.362. The number of nitrogens with one attached hydrogen (secondary N) is 2. The van der Waals surface area contributed by atoms with E-state index in [0.717, 1.165) is 27.4 Å².